The van der Waals surface area contributed by atoms with Crippen molar-refractivity contribution in [2.75, 3.05) is 0 Å². The summed E-state index contributed by atoms with van der Waals surface area (Å²) in [5.74, 6) is -1.89. The maximum absolute atomic E-state index is 13.2. The molecule has 0 aliphatic carbocycles. The molecule has 86 valence electrons. The number of primary amides is 1. The molecule has 0 saturated carbocycles. The van der Waals surface area contributed by atoms with E-state index in [0.29, 0.717) is 6.42 Å². The van der Waals surface area contributed by atoms with E-state index in [1.165, 1.54) is 18.2 Å². The number of carbonyl (C=O) groups is 2. The molecule has 0 aliphatic rings. The van der Waals surface area contributed by atoms with Crippen LogP contribution in [0.3, 0.4) is 0 Å². The lowest BCUT2D eigenvalue weighted by Gasteiger charge is -2.13. The van der Waals surface area contributed by atoms with Crippen LogP contribution in [-0.4, -0.2) is 17.9 Å². The number of amides is 2. The molecule has 1 aromatic rings. The van der Waals surface area contributed by atoms with E-state index in [9.17, 15) is 14.0 Å². The third-order valence-electron chi connectivity index (χ3n) is 2.18. The van der Waals surface area contributed by atoms with E-state index in [4.69, 9.17) is 5.73 Å². The van der Waals surface area contributed by atoms with Crippen LogP contribution in [0.1, 0.15) is 23.7 Å². The predicted molar refractivity (Wildman–Crippen MR) is 57.1 cm³/mol. The highest BCUT2D eigenvalue weighted by atomic mass is 19.1. The third kappa shape index (κ3) is 2.79. The van der Waals surface area contributed by atoms with Crippen LogP contribution >= 0.6 is 0 Å². The number of benzene rings is 1. The molecular formula is C11H13FN2O2. The standard InChI is InChI=1S/C11H13FN2O2/c1-2-9(10(13)15)14-11(16)7-5-3-4-6-8(7)12/h3-6,9H,2H2,1H3,(H2,13,15)(H,14,16)/t9-/m0/s1. The summed E-state index contributed by atoms with van der Waals surface area (Å²) in [5, 5.41) is 2.37. The molecule has 0 radical (unpaired) electrons. The fourth-order valence-electron chi connectivity index (χ4n) is 1.26. The minimum Gasteiger partial charge on any atom is -0.368 e. The molecular weight excluding hydrogens is 211 g/mol. The first-order valence-corrected chi connectivity index (χ1v) is 4.91. The Morgan fingerprint density at radius 2 is 2.06 bits per heavy atom. The first kappa shape index (κ1) is 12.2. The number of hydrogen-bond donors (Lipinski definition) is 2. The van der Waals surface area contributed by atoms with Gasteiger partial charge in [0.25, 0.3) is 5.91 Å². The molecule has 0 unspecified atom stereocenters. The van der Waals surface area contributed by atoms with Gasteiger partial charge in [-0.05, 0) is 18.6 Å². The lowest BCUT2D eigenvalue weighted by atomic mass is 10.1. The second-order valence-corrected chi connectivity index (χ2v) is 3.32. The number of rotatable bonds is 4. The Bertz CT molecular complexity index is 407. The smallest absolute Gasteiger partial charge is 0.254 e. The normalized spacial score (nSPS) is 11.9. The topological polar surface area (TPSA) is 72.2 Å². The summed E-state index contributed by atoms with van der Waals surface area (Å²) < 4.78 is 13.2. The van der Waals surface area contributed by atoms with E-state index >= 15 is 0 Å². The van der Waals surface area contributed by atoms with Gasteiger partial charge in [0.1, 0.15) is 11.9 Å². The summed E-state index contributed by atoms with van der Waals surface area (Å²) in [6.45, 7) is 1.71. The second-order valence-electron chi connectivity index (χ2n) is 3.32. The van der Waals surface area contributed by atoms with Crippen LogP contribution in [-0.2, 0) is 4.79 Å². The third-order valence-corrected chi connectivity index (χ3v) is 2.18. The Morgan fingerprint density at radius 1 is 1.44 bits per heavy atom. The van der Waals surface area contributed by atoms with E-state index in [0.717, 1.165) is 0 Å². The van der Waals surface area contributed by atoms with Gasteiger partial charge in [-0.15, -0.1) is 0 Å². The van der Waals surface area contributed by atoms with Crippen molar-refractivity contribution in [2.45, 2.75) is 19.4 Å². The molecule has 5 heteroatoms. The van der Waals surface area contributed by atoms with Crippen molar-refractivity contribution in [3.8, 4) is 0 Å². The van der Waals surface area contributed by atoms with Crippen LogP contribution in [0.5, 0.6) is 0 Å². The van der Waals surface area contributed by atoms with E-state index in [1.54, 1.807) is 13.0 Å². The van der Waals surface area contributed by atoms with Gasteiger partial charge in [-0.1, -0.05) is 19.1 Å². The fraction of sp³-hybridized carbons (Fsp3) is 0.273. The molecule has 0 bridgehead atoms. The van der Waals surface area contributed by atoms with Gasteiger partial charge in [0, 0.05) is 0 Å². The summed E-state index contributed by atoms with van der Waals surface area (Å²) in [6.07, 6.45) is 0.371. The highest BCUT2D eigenvalue weighted by Gasteiger charge is 2.18. The first-order chi connectivity index (χ1) is 7.56. The Kier molecular flexibility index (Phi) is 3.99. The van der Waals surface area contributed by atoms with Crippen molar-refractivity contribution in [1.29, 1.82) is 0 Å². The molecule has 0 fully saturated rings. The zero-order valence-corrected chi connectivity index (χ0v) is 8.87. The van der Waals surface area contributed by atoms with Gasteiger partial charge in [0.2, 0.25) is 5.91 Å². The Balaban J connectivity index is 2.80. The largest absolute Gasteiger partial charge is 0.368 e. The Morgan fingerprint density at radius 3 is 2.56 bits per heavy atom. The van der Waals surface area contributed by atoms with Gasteiger partial charge < -0.3 is 11.1 Å². The Labute approximate surface area is 92.6 Å². The zero-order chi connectivity index (χ0) is 12.1. The lowest BCUT2D eigenvalue weighted by Crippen LogP contribution is -2.44. The van der Waals surface area contributed by atoms with Gasteiger partial charge in [0.15, 0.2) is 0 Å². The predicted octanol–water partition coefficient (Wildman–Crippen LogP) is 0.819. The number of halogens is 1. The van der Waals surface area contributed by atoms with Crippen LogP contribution in [0.25, 0.3) is 0 Å². The average molecular weight is 224 g/mol. The summed E-state index contributed by atoms with van der Waals surface area (Å²) in [7, 11) is 0. The van der Waals surface area contributed by atoms with Crippen molar-refractivity contribution in [3.63, 3.8) is 0 Å². The summed E-state index contributed by atoms with van der Waals surface area (Å²) in [5.41, 5.74) is 4.97. The van der Waals surface area contributed by atoms with E-state index in [2.05, 4.69) is 5.32 Å². The van der Waals surface area contributed by atoms with Crippen LogP contribution in [0.15, 0.2) is 24.3 Å². The number of hydrogen-bond acceptors (Lipinski definition) is 2. The van der Waals surface area contributed by atoms with Crippen molar-refractivity contribution in [3.05, 3.63) is 35.6 Å². The quantitative estimate of drug-likeness (QED) is 0.794. The molecule has 1 atom stereocenters. The van der Waals surface area contributed by atoms with Gasteiger partial charge in [-0.25, -0.2) is 4.39 Å². The van der Waals surface area contributed by atoms with Gasteiger partial charge in [0.05, 0.1) is 5.56 Å². The molecule has 0 spiro atoms. The number of nitrogens with two attached hydrogens (primary N) is 1. The first-order valence-electron chi connectivity index (χ1n) is 4.91. The highest BCUT2D eigenvalue weighted by Crippen LogP contribution is 2.06. The van der Waals surface area contributed by atoms with Crippen LogP contribution < -0.4 is 11.1 Å². The maximum atomic E-state index is 13.2. The molecule has 0 aliphatic heterocycles. The number of nitrogens with one attached hydrogen (secondary N) is 1. The summed E-state index contributed by atoms with van der Waals surface area (Å²) in [6, 6.07) is 4.78. The van der Waals surface area contributed by atoms with Crippen molar-refractivity contribution in [1.82, 2.24) is 5.32 Å². The van der Waals surface area contributed by atoms with Gasteiger partial charge >= 0.3 is 0 Å². The SMILES string of the molecule is CC[C@H](NC(=O)c1ccccc1F)C(N)=O. The van der Waals surface area contributed by atoms with E-state index in [-0.39, 0.29) is 5.56 Å². The van der Waals surface area contributed by atoms with Gasteiger partial charge in [-0.2, -0.15) is 0 Å². The van der Waals surface area contributed by atoms with Crippen LogP contribution in [0.4, 0.5) is 4.39 Å². The summed E-state index contributed by atoms with van der Waals surface area (Å²) in [4.78, 5) is 22.5. The highest BCUT2D eigenvalue weighted by molar-refractivity contribution is 5.97. The van der Waals surface area contributed by atoms with Crippen molar-refractivity contribution in [2.24, 2.45) is 5.73 Å². The average Bonchev–Trinajstić information content (AvgIpc) is 2.25. The monoisotopic (exact) mass is 224 g/mol. The molecule has 0 heterocycles. The molecule has 16 heavy (non-hydrogen) atoms. The summed E-state index contributed by atoms with van der Waals surface area (Å²) >= 11 is 0. The maximum Gasteiger partial charge on any atom is 0.254 e. The number of carbonyl (C=O) groups excluding carboxylic acids is 2. The molecule has 0 saturated heterocycles. The molecule has 3 N–H and O–H groups in total. The Hall–Kier alpha value is -1.91. The molecule has 0 aromatic heterocycles. The lowest BCUT2D eigenvalue weighted by molar-refractivity contribution is -0.119. The van der Waals surface area contributed by atoms with Crippen LogP contribution in [0, 0.1) is 5.82 Å². The zero-order valence-electron chi connectivity index (χ0n) is 8.87. The molecule has 4 nitrogen and oxygen atoms in total. The van der Waals surface area contributed by atoms with E-state index < -0.39 is 23.7 Å². The van der Waals surface area contributed by atoms with Crippen molar-refractivity contribution >= 4 is 11.8 Å². The molecule has 1 rings (SSSR count). The molecule has 2 amide bonds. The molecule has 1 aromatic carbocycles. The fourth-order valence-corrected chi connectivity index (χ4v) is 1.26. The minimum absolute atomic E-state index is 0.0952. The van der Waals surface area contributed by atoms with E-state index in [1.807, 2.05) is 0 Å². The van der Waals surface area contributed by atoms with Crippen LogP contribution in [0.2, 0.25) is 0 Å². The second kappa shape index (κ2) is 5.25. The van der Waals surface area contributed by atoms with Gasteiger partial charge in [-0.3, -0.25) is 9.59 Å². The van der Waals surface area contributed by atoms with Crippen molar-refractivity contribution < 1.29 is 14.0 Å². The minimum atomic E-state index is -0.771.